The summed E-state index contributed by atoms with van der Waals surface area (Å²) in [6.45, 7) is 7.70. The average molecular weight is 497 g/mol. The largest absolute Gasteiger partial charge is 0.497 e. The van der Waals surface area contributed by atoms with Crippen molar-refractivity contribution in [2.75, 3.05) is 19.0 Å². The van der Waals surface area contributed by atoms with E-state index >= 15 is 0 Å². The fourth-order valence-corrected chi connectivity index (χ4v) is 5.28. The minimum Gasteiger partial charge on any atom is -0.497 e. The third kappa shape index (κ3) is 6.42. The molecule has 12 heteroatoms. The molecule has 0 fully saturated rings. The number of fused-ring (bicyclic) bond motifs is 1. The van der Waals surface area contributed by atoms with E-state index in [1.807, 2.05) is 20.8 Å². The highest BCUT2D eigenvalue weighted by atomic mass is 32.2. The molecule has 0 spiro atoms. The van der Waals surface area contributed by atoms with E-state index in [9.17, 15) is 18.0 Å². The number of amides is 2. The SMILES string of the molecule is COc1ccc(S(=O)(=O)N[C@@H](C)C(=O)Nc2nc3c(s2)CN(C(=O)OC(C)(C)C)CC3)cc1. The number of thiazole rings is 1. The molecule has 1 aliphatic heterocycles. The van der Waals surface area contributed by atoms with Crippen LogP contribution in [0.1, 0.15) is 38.3 Å². The van der Waals surface area contributed by atoms with Crippen molar-refractivity contribution < 1.29 is 27.5 Å². The van der Waals surface area contributed by atoms with Crippen LogP contribution in [0.5, 0.6) is 5.75 Å². The first-order valence-electron chi connectivity index (χ1n) is 10.3. The van der Waals surface area contributed by atoms with Gasteiger partial charge in [0.25, 0.3) is 0 Å². The first-order valence-corrected chi connectivity index (χ1v) is 12.6. The van der Waals surface area contributed by atoms with Crippen LogP contribution in [-0.2, 0) is 32.5 Å². The lowest BCUT2D eigenvalue weighted by molar-refractivity contribution is -0.117. The summed E-state index contributed by atoms with van der Waals surface area (Å²) in [7, 11) is -2.41. The smallest absolute Gasteiger partial charge is 0.410 e. The Morgan fingerprint density at radius 3 is 2.48 bits per heavy atom. The molecule has 2 N–H and O–H groups in total. The molecule has 0 bridgehead atoms. The lowest BCUT2D eigenvalue weighted by Gasteiger charge is -2.29. The fourth-order valence-electron chi connectivity index (χ4n) is 3.05. The van der Waals surface area contributed by atoms with Gasteiger partial charge in [0.05, 0.1) is 30.3 Å². The molecule has 3 rings (SSSR count). The third-order valence-corrected chi connectivity index (χ3v) is 7.26. The first kappa shape index (κ1) is 24.9. The first-order chi connectivity index (χ1) is 15.4. The van der Waals surface area contributed by atoms with Crippen LogP contribution in [0.25, 0.3) is 0 Å². The number of ether oxygens (including phenoxy) is 2. The van der Waals surface area contributed by atoms with Gasteiger partial charge in [-0.05, 0) is 52.0 Å². The van der Waals surface area contributed by atoms with Crippen molar-refractivity contribution in [3.8, 4) is 5.75 Å². The molecular formula is C21H28N4O6S2. The molecule has 10 nitrogen and oxygen atoms in total. The summed E-state index contributed by atoms with van der Waals surface area (Å²) in [6, 6.07) is 4.82. The molecule has 2 heterocycles. The lowest BCUT2D eigenvalue weighted by Crippen LogP contribution is -2.41. The number of rotatable bonds is 6. The van der Waals surface area contributed by atoms with Crippen LogP contribution < -0.4 is 14.8 Å². The van der Waals surface area contributed by atoms with E-state index in [0.717, 1.165) is 10.6 Å². The Morgan fingerprint density at radius 1 is 1.21 bits per heavy atom. The van der Waals surface area contributed by atoms with Gasteiger partial charge >= 0.3 is 6.09 Å². The molecular weight excluding hydrogens is 468 g/mol. The summed E-state index contributed by atoms with van der Waals surface area (Å²) in [6.07, 6.45) is 0.148. The maximum atomic E-state index is 12.6. The standard InChI is InChI=1S/C21H28N4O6S2/c1-13(24-33(28,29)15-8-6-14(30-5)7-9-15)18(26)23-19-22-16-10-11-25(12-17(16)32-19)20(27)31-21(2,3)4/h6-9,13,24H,10-12H2,1-5H3,(H,22,23,26)/t13-/m0/s1. The maximum absolute atomic E-state index is 12.6. The number of nitrogens with zero attached hydrogens (tertiary/aromatic N) is 2. The van der Waals surface area contributed by atoms with Crippen LogP contribution in [0.4, 0.5) is 9.93 Å². The van der Waals surface area contributed by atoms with E-state index in [-0.39, 0.29) is 4.90 Å². The Morgan fingerprint density at radius 2 is 1.88 bits per heavy atom. The Labute approximate surface area is 197 Å². The van der Waals surface area contributed by atoms with E-state index in [2.05, 4.69) is 15.0 Å². The maximum Gasteiger partial charge on any atom is 0.410 e. The third-order valence-electron chi connectivity index (χ3n) is 4.71. The van der Waals surface area contributed by atoms with Crippen molar-refractivity contribution in [3.05, 3.63) is 34.8 Å². The number of aromatic nitrogens is 1. The lowest BCUT2D eigenvalue weighted by atomic mass is 10.2. The molecule has 0 saturated heterocycles. The van der Waals surface area contributed by atoms with Gasteiger partial charge in [0, 0.05) is 17.8 Å². The second-order valence-corrected chi connectivity index (χ2v) is 11.3. The van der Waals surface area contributed by atoms with Crippen LogP contribution in [0, 0.1) is 0 Å². The van der Waals surface area contributed by atoms with Crippen LogP contribution in [0.3, 0.4) is 0 Å². The fraction of sp³-hybridized carbons (Fsp3) is 0.476. The zero-order chi connectivity index (χ0) is 24.4. The van der Waals surface area contributed by atoms with Crippen molar-refractivity contribution in [1.82, 2.24) is 14.6 Å². The molecule has 0 radical (unpaired) electrons. The van der Waals surface area contributed by atoms with Crippen LogP contribution >= 0.6 is 11.3 Å². The van der Waals surface area contributed by atoms with Gasteiger partial charge in [-0.3, -0.25) is 4.79 Å². The number of nitrogens with one attached hydrogen (secondary N) is 2. The van der Waals surface area contributed by atoms with E-state index in [1.165, 1.54) is 49.6 Å². The van der Waals surface area contributed by atoms with E-state index in [1.54, 1.807) is 4.90 Å². The van der Waals surface area contributed by atoms with E-state index < -0.39 is 33.7 Å². The molecule has 1 aromatic carbocycles. The van der Waals surface area contributed by atoms with Crippen molar-refractivity contribution in [1.29, 1.82) is 0 Å². The highest BCUT2D eigenvalue weighted by Crippen LogP contribution is 2.29. The normalized spacial score (nSPS) is 14.9. The number of carbonyl (C=O) groups excluding carboxylic acids is 2. The number of hydrogen-bond acceptors (Lipinski definition) is 8. The second kappa shape index (κ2) is 9.65. The molecule has 1 atom stereocenters. The van der Waals surface area contributed by atoms with Gasteiger partial charge in [-0.2, -0.15) is 4.72 Å². The number of carbonyl (C=O) groups is 2. The molecule has 180 valence electrons. The number of anilines is 1. The summed E-state index contributed by atoms with van der Waals surface area (Å²) in [4.78, 5) is 31.8. The summed E-state index contributed by atoms with van der Waals surface area (Å²) in [5, 5.41) is 3.01. The van der Waals surface area contributed by atoms with Gasteiger partial charge in [0.1, 0.15) is 11.4 Å². The average Bonchev–Trinajstić information content (AvgIpc) is 3.13. The number of benzene rings is 1. The Kier molecular flexibility index (Phi) is 7.29. The van der Waals surface area contributed by atoms with Gasteiger partial charge in [-0.15, -0.1) is 0 Å². The van der Waals surface area contributed by atoms with Crippen molar-refractivity contribution in [2.45, 2.75) is 57.2 Å². The minimum absolute atomic E-state index is 0.0231. The number of hydrogen-bond donors (Lipinski definition) is 2. The highest BCUT2D eigenvalue weighted by Gasteiger charge is 2.29. The number of methoxy groups -OCH3 is 1. The molecule has 33 heavy (non-hydrogen) atoms. The molecule has 2 aromatic rings. The zero-order valence-corrected chi connectivity index (χ0v) is 20.8. The molecule has 2 amide bonds. The van der Waals surface area contributed by atoms with Gasteiger partial charge in [-0.25, -0.2) is 18.2 Å². The van der Waals surface area contributed by atoms with Crippen molar-refractivity contribution in [2.24, 2.45) is 0 Å². The summed E-state index contributed by atoms with van der Waals surface area (Å²) in [5.74, 6) is -0.0140. The van der Waals surface area contributed by atoms with Gasteiger partial charge in [0.15, 0.2) is 5.13 Å². The molecule has 0 saturated carbocycles. The predicted molar refractivity (Wildman–Crippen MR) is 124 cm³/mol. The molecule has 1 aromatic heterocycles. The zero-order valence-electron chi connectivity index (χ0n) is 19.2. The minimum atomic E-state index is -3.90. The predicted octanol–water partition coefficient (Wildman–Crippen LogP) is 2.75. The quantitative estimate of drug-likeness (QED) is 0.629. The monoisotopic (exact) mass is 496 g/mol. The second-order valence-electron chi connectivity index (χ2n) is 8.55. The molecule has 0 aliphatic carbocycles. The topological polar surface area (TPSA) is 127 Å². The Hall–Kier alpha value is -2.70. The van der Waals surface area contributed by atoms with Gasteiger partial charge in [-0.1, -0.05) is 11.3 Å². The summed E-state index contributed by atoms with van der Waals surface area (Å²) < 4.78 is 37.9. The number of sulfonamides is 1. The molecule has 0 unspecified atom stereocenters. The van der Waals surface area contributed by atoms with E-state index in [0.29, 0.717) is 30.4 Å². The highest BCUT2D eigenvalue weighted by molar-refractivity contribution is 7.89. The van der Waals surface area contributed by atoms with Crippen molar-refractivity contribution in [3.63, 3.8) is 0 Å². The summed E-state index contributed by atoms with van der Waals surface area (Å²) in [5.41, 5.74) is 0.223. The van der Waals surface area contributed by atoms with Crippen LogP contribution in [0.15, 0.2) is 29.2 Å². The van der Waals surface area contributed by atoms with Crippen LogP contribution in [0.2, 0.25) is 0 Å². The van der Waals surface area contributed by atoms with Crippen LogP contribution in [-0.4, -0.2) is 55.6 Å². The van der Waals surface area contributed by atoms with Gasteiger partial charge in [0.2, 0.25) is 15.9 Å². The molecule has 1 aliphatic rings. The summed E-state index contributed by atoms with van der Waals surface area (Å²) >= 11 is 1.26. The Balaban J connectivity index is 1.61. The Bertz CT molecular complexity index is 1120. The van der Waals surface area contributed by atoms with Gasteiger partial charge < -0.3 is 19.7 Å². The van der Waals surface area contributed by atoms with E-state index in [4.69, 9.17) is 9.47 Å². The van der Waals surface area contributed by atoms with Crippen molar-refractivity contribution >= 4 is 38.5 Å².